The Morgan fingerprint density at radius 3 is 2.03 bits per heavy atom. The molecule has 0 bridgehead atoms. The van der Waals surface area contributed by atoms with Gasteiger partial charge in [0.25, 0.3) is 0 Å². The largest absolute Gasteiger partial charge is 0.480 e. The molecule has 33 heavy (non-hydrogen) atoms. The van der Waals surface area contributed by atoms with Crippen molar-refractivity contribution >= 4 is 23.8 Å². The van der Waals surface area contributed by atoms with E-state index in [1.807, 2.05) is 48.5 Å². The predicted molar refractivity (Wildman–Crippen MR) is 123 cm³/mol. The van der Waals surface area contributed by atoms with Gasteiger partial charge in [-0.2, -0.15) is 0 Å². The average molecular weight is 445 g/mol. The number of hydrogen-bond acceptors (Lipinski definition) is 4. The van der Waals surface area contributed by atoms with Gasteiger partial charge < -0.3 is 26.2 Å². The van der Waals surface area contributed by atoms with Gasteiger partial charge in [-0.1, -0.05) is 60.7 Å². The normalized spacial score (nSPS) is 12.8. The van der Waals surface area contributed by atoms with E-state index < -0.39 is 24.1 Å². The average Bonchev–Trinajstić information content (AvgIpc) is 3.12. The third kappa shape index (κ3) is 4.95. The molecule has 1 aliphatic carbocycles. The van der Waals surface area contributed by atoms with Crippen molar-refractivity contribution < 1.29 is 24.2 Å². The Hall–Kier alpha value is -4.33. The van der Waals surface area contributed by atoms with Crippen molar-refractivity contribution in [2.75, 3.05) is 11.9 Å². The molecule has 8 heteroatoms. The Balaban J connectivity index is 1.39. The number of carboxylic acids is 1. The predicted octanol–water partition coefficient (Wildman–Crippen LogP) is 3.71. The molecule has 8 nitrogen and oxygen atoms in total. The number of carbonyl (C=O) groups excluding carboxylic acids is 2. The topological polar surface area (TPSA) is 131 Å². The third-order valence-corrected chi connectivity index (χ3v) is 5.60. The van der Waals surface area contributed by atoms with Crippen LogP contribution in [0.25, 0.3) is 11.1 Å². The zero-order chi connectivity index (χ0) is 23.4. The lowest BCUT2D eigenvalue weighted by Gasteiger charge is -2.17. The molecule has 0 spiro atoms. The van der Waals surface area contributed by atoms with Crippen molar-refractivity contribution in [1.82, 2.24) is 5.32 Å². The summed E-state index contributed by atoms with van der Waals surface area (Å²) in [7, 11) is 0. The van der Waals surface area contributed by atoms with Crippen molar-refractivity contribution in [2.24, 2.45) is 5.73 Å². The van der Waals surface area contributed by atoms with Crippen LogP contribution < -0.4 is 16.4 Å². The number of rotatable bonds is 7. The van der Waals surface area contributed by atoms with Crippen LogP contribution in [0.15, 0.2) is 72.8 Å². The highest BCUT2D eigenvalue weighted by atomic mass is 16.5. The highest BCUT2D eigenvalue weighted by Crippen LogP contribution is 2.44. The molecule has 0 unspecified atom stereocenters. The minimum Gasteiger partial charge on any atom is -0.480 e. The number of primary amides is 1. The summed E-state index contributed by atoms with van der Waals surface area (Å²) in [6.07, 6.45) is -0.743. The molecule has 0 saturated heterocycles. The van der Waals surface area contributed by atoms with Crippen LogP contribution in [0.4, 0.5) is 15.3 Å². The van der Waals surface area contributed by atoms with Crippen LogP contribution in [-0.4, -0.2) is 35.8 Å². The van der Waals surface area contributed by atoms with E-state index in [0.29, 0.717) is 11.3 Å². The molecule has 0 aromatic heterocycles. The number of benzene rings is 3. The van der Waals surface area contributed by atoms with Crippen LogP contribution >= 0.6 is 0 Å². The van der Waals surface area contributed by atoms with E-state index in [0.717, 1.165) is 22.3 Å². The number of carboxylic acid groups (broad SMARTS) is 1. The number of fused-ring (bicyclic) bond motifs is 3. The van der Waals surface area contributed by atoms with Crippen LogP contribution in [0.5, 0.6) is 0 Å². The Labute approximate surface area is 190 Å². The summed E-state index contributed by atoms with van der Waals surface area (Å²) < 4.78 is 5.45. The first-order chi connectivity index (χ1) is 15.9. The van der Waals surface area contributed by atoms with Crippen LogP contribution in [0.1, 0.15) is 22.6 Å². The smallest absolute Gasteiger partial charge is 0.407 e. The van der Waals surface area contributed by atoms with Gasteiger partial charge in [-0.05, 0) is 39.9 Å². The zero-order valence-corrected chi connectivity index (χ0v) is 17.7. The second-order valence-electron chi connectivity index (χ2n) is 7.75. The summed E-state index contributed by atoms with van der Waals surface area (Å²) in [6, 6.07) is 20.6. The lowest BCUT2D eigenvalue weighted by atomic mass is 9.98. The second-order valence-corrected chi connectivity index (χ2v) is 7.75. The van der Waals surface area contributed by atoms with E-state index >= 15 is 0 Å². The summed E-state index contributed by atoms with van der Waals surface area (Å²) in [5, 5.41) is 14.4. The van der Waals surface area contributed by atoms with Gasteiger partial charge in [-0.15, -0.1) is 0 Å². The zero-order valence-electron chi connectivity index (χ0n) is 17.7. The van der Waals surface area contributed by atoms with Crippen molar-refractivity contribution in [3.63, 3.8) is 0 Å². The van der Waals surface area contributed by atoms with Crippen molar-refractivity contribution in [3.8, 4) is 11.1 Å². The number of nitrogens with one attached hydrogen (secondary N) is 2. The van der Waals surface area contributed by atoms with E-state index in [2.05, 4.69) is 10.6 Å². The Morgan fingerprint density at radius 1 is 0.909 bits per heavy atom. The molecule has 0 radical (unpaired) electrons. The number of alkyl carbamates (subject to hydrolysis) is 1. The maximum Gasteiger partial charge on any atom is 0.407 e. The third-order valence-electron chi connectivity index (χ3n) is 5.60. The minimum atomic E-state index is -1.18. The van der Waals surface area contributed by atoms with Gasteiger partial charge in [0, 0.05) is 18.0 Å². The molecule has 168 valence electrons. The van der Waals surface area contributed by atoms with Crippen LogP contribution in [-0.2, 0) is 16.0 Å². The SMILES string of the molecule is NC(=O)Nc1ccc(C[C@@H](NC(=O)OCC2c3ccccc3-c3ccccc32)C(=O)O)cc1. The number of carbonyl (C=O) groups is 3. The number of ether oxygens (including phenoxy) is 1. The van der Waals surface area contributed by atoms with E-state index in [1.54, 1.807) is 24.3 Å². The minimum absolute atomic E-state index is 0.0520. The van der Waals surface area contributed by atoms with Crippen LogP contribution in [0.3, 0.4) is 0 Å². The first-order valence-electron chi connectivity index (χ1n) is 10.4. The molecule has 1 atom stereocenters. The van der Waals surface area contributed by atoms with Gasteiger partial charge >= 0.3 is 18.1 Å². The first kappa shape index (κ1) is 21.9. The number of urea groups is 1. The fourth-order valence-corrected chi connectivity index (χ4v) is 4.08. The van der Waals surface area contributed by atoms with Gasteiger partial charge in [-0.25, -0.2) is 14.4 Å². The summed E-state index contributed by atoms with van der Waals surface area (Å²) in [5.74, 6) is -1.29. The second kappa shape index (κ2) is 9.44. The van der Waals surface area contributed by atoms with Gasteiger partial charge in [0.2, 0.25) is 0 Å². The number of aliphatic carboxylic acids is 1. The molecule has 0 aliphatic heterocycles. The summed E-state index contributed by atoms with van der Waals surface area (Å²) in [5.41, 5.74) is 10.6. The Bertz CT molecular complexity index is 1150. The number of amides is 3. The summed E-state index contributed by atoms with van der Waals surface area (Å²) in [4.78, 5) is 35.0. The Kier molecular flexibility index (Phi) is 6.26. The quantitative estimate of drug-likeness (QED) is 0.440. The standard InChI is InChI=1S/C25H23N3O5/c26-24(31)27-16-11-9-15(10-12-16)13-22(23(29)30)28-25(32)33-14-21-19-7-3-1-5-17(19)18-6-2-4-8-20(18)21/h1-12,21-22H,13-14H2,(H,28,32)(H,29,30)(H3,26,27,31)/t22-/m1/s1. The maximum atomic E-state index is 12.4. The van der Waals surface area contributed by atoms with E-state index in [-0.39, 0.29) is 18.9 Å². The van der Waals surface area contributed by atoms with E-state index in [4.69, 9.17) is 10.5 Å². The molecule has 3 aromatic rings. The maximum absolute atomic E-state index is 12.4. The number of anilines is 1. The molecule has 1 aliphatic rings. The molecule has 0 heterocycles. The lowest BCUT2D eigenvalue weighted by Crippen LogP contribution is -2.42. The molecule has 3 aromatic carbocycles. The molecular formula is C25H23N3O5. The van der Waals surface area contributed by atoms with Crippen molar-refractivity contribution in [1.29, 1.82) is 0 Å². The highest BCUT2D eigenvalue weighted by molar-refractivity contribution is 5.87. The monoisotopic (exact) mass is 445 g/mol. The first-order valence-corrected chi connectivity index (χ1v) is 10.4. The van der Waals surface area contributed by atoms with Gasteiger partial charge in [0.1, 0.15) is 12.6 Å². The van der Waals surface area contributed by atoms with Crippen molar-refractivity contribution in [2.45, 2.75) is 18.4 Å². The fourth-order valence-electron chi connectivity index (χ4n) is 4.08. The van der Waals surface area contributed by atoms with Crippen LogP contribution in [0.2, 0.25) is 0 Å². The number of nitrogens with two attached hydrogens (primary N) is 1. The highest BCUT2D eigenvalue weighted by Gasteiger charge is 2.29. The van der Waals surface area contributed by atoms with Crippen LogP contribution in [0, 0.1) is 0 Å². The molecule has 4 rings (SSSR count). The van der Waals surface area contributed by atoms with E-state index in [1.165, 1.54) is 0 Å². The van der Waals surface area contributed by atoms with Gasteiger partial charge in [0.15, 0.2) is 0 Å². The molecular weight excluding hydrogens is 422 g/mol. The molecule has 0 fully saturated rings. The molecule has 3 amide bonds. The lowest BCUT2D eigenvalue weighted by molar-refractivity contribution is -0.139. The number of hydrogen-bond donors (Lipinski definition) is 4. The van der Waals surface area contributed by atoms with Crippen molar-refractivity contribution in [3.05, 3.63) is 89.5 Å². The van der Waals surface area contributed by atoms with Gasteiger partial charge in [-0.3, -0.25) is 0 Å². The molecule has 5 N–H and O–H groups in total. The fraction of sp³-hybridized carbons (Fsp3) is 0.160. The Morgan fingerprint density at radius 2 is 1.48 bits per heavy atom. The summed E-state index contributed by atoms with van der Waals surface area (Å²) >= 11 is 0. The van der Waals surface area contributed by atoms with E-state index in [9.17, 15) is 19.5 Å². The molecule has 0 saturated carbocycles. The summed E-state index contributed by atoms with van der Waals surface area (Å²) in [6.45, 7) is 0.0969. The van der Waals surface area contributed by atoms with Gasteiger partial charge in [0.05, 0.1) is 0 Å².